The topological polar surface area (TPSA) is 73.6 Å². The van der Waals surface area contributed by atoms with Crippen LogP contribution in [0.15, 0.2) is 0 Å². The number of hydrogen-bond acceptors (Lipinski definition) is 4. The van der Waals surface area contributed by atoms with Gasteiger partial charge in [-0.15, -0.1) is 0 Å². The summed E-state index contributed by atoms with van der Waals surface area (Å²) >= 11 is 0. The van der Waals surface area contributed by atoms with Gasteiger partial charge in [0.05, 0.1) is 6.07 Å². The average Bonchev–Trinajstić information content (AvgIpc) is 2.79. The summed E-state index contributed by atoms with van der Waals surface area (Å²) in [5.74, 6) is 0.635. The number of hydrogen-bond donors (Lipinski definition) is 0. The first-order valence-electron chi connectivity index (χ1n) is 7.43. The first-order chi connectivity index (χ1) is 9.80. The summed E-state index contributed by atoms with van der Waals surface area (Å²) in [6.45, 7) is 8.24. The summed E-state index contributed by atoms with van der Waals surface area (Å²) < 4.78 is 5.40. The van der Waals surface area contributed by atoms with Crippen molar-refractivity contribution in [3.63, 3.8) is 0 Å². The Balaban J connectivity index is 1.91. The molecule has 2 saturated heterocycles. The summed E-state index contributed by atoms with van der Waals surface area (Å²) in [5, 5.41) is 8.61. The van der Waals surface area contributed by atoms with Crippen molar-refractivity contribution < 1.29 is 14.3 Å². The molecule has 6 nitrogen and oxygen atoms in total. The second kappa shape index (κ2) is 5.92. The van der Waals surface area contributed by atoms with Crippen LogP contribution in [0.4, 0.5) is 4.79 Å². The molecule has 2 aliphatic heterocycles. The van der Waals surface area contributed by atoms with Crippen LogP contribution in [-0.2, 0) is 9.53 Å². The monoisotopic (exact) mass is 293 g/mol. The molecule has 0 aromatic heterocycles. The molecular weight excluding hydrogens is 270 g/mol. The Morgan fingerprint density at radius 3 is 2.43 bits per heavy atom. The van der Waals surface area contributed by atoms with Gasteiger partial charge in [-0.1, -0.05) is 0 Å². The number of amides is 2. The van der Waals surface area contributed by atoms with Crippen molar-refractivity contribution in [1.29, 1.82) is 5.26 Å². The van der Waals surface area contributed by atoms with E-state index in [1.165, 1.54) is 0 Å². The second-order valence-electron chi connectivity index (χ2n) is 6.87. The van der Waals surface area contributed by atoms with E-state index in [9.17, 15) is 9.59 Å². The Hall–Kier alpha value is -1.77. The highest BCUT2D eigenvalue weighted by Gasteiger charge is 2.40. The smallest absolute Gasteiger partial charge is 0.410 e. The predicted octanol–water partition coefficient (Wildman–Crippen LogP) is 1.62. The van der Waals surface area contributed by atoms with Crippen LogP contribution in [0.5, 0.6) is 0 Å². The van der Waals surface area contributed by atoms with Crippen LogP contribution in [0.2, 0.25) is 0 Å². The molecule has 0 saturated carbocycles. The van der Waals surface area contributed by atoms with Gasteiger partial charge >= 0.3 is 6.09 Å². The summed E-state index contributed by atoms with van der Waals surface area (Å²) in [6.07, 6.45) is 0.554. The molecule has 0 N–H and O–H groups in total. The van der Waals surface area contributed by atoms with Gasteiger partial charge in [-0.2, -0.15) is 5.26 Å². The maximum absolute atomic E-state index is 12.1. The van der Waals surface area contributed by atoms with Gasteiger partial charge in [0.25, 0.3) is 0 Å². The van der Waals surface area contributed by atoms with E-state index in [4.69, 9.17) is 10.00 Å². The number of piperidine rings is 1. The zero-order valence-corrected chi connectivity index (χ0v) is 13.0. The third-order valence-electron chi connectivity index (χ3n) is 4.04. The quantitative estimate of drug-likeness (QED) is 0.736. The van der Waals surface area contributed by atoms with Gasteiger partial charge < -0.3 is 14.5 Å². The van der Waals surface area contributed by atoms with Crippen LogP contribution in [0.25, 0.3) is 0 Å². The van der Waals surface area contributed by atoms with E-state index in [1.54, 1.807) is 9.80 Å². The van der Waals surface area contributed by atoms with Crippen LogP contribution in [0, 0.1) is 23.2 Å². The Bertz CT molecular complexity index is 464. The fraction of sp³-hybridized carbons (Fsp3) is 0.800. The van der Waals surface area contributed by atoms with Gasteiger partial charge in [0.15, 0.2) is 0 Å². The minimum atomic E-state index is -0.488. The van der Waals surface area contributed by atoms with E-state index in [0.29, 0.717) is 38.0 Å². The van der Waals surface area contributed by atoms with Crippen molar-refractivity contribution >= 4 is 12.0 Å². The lowest BCUT2D eigenvalue weighted by molar-refractivity contribution is -0.129. The Morgan fingerprint density at radius 2 is 1.81 bits per heavy atom. The van der Waals surface area contributed by atoms with E-state index >= 15 is 0 Å². The van der Waals surface area contributed by atoms with Crippen LogP contribution < -0.4 is 0 Å². The minimum absolute atomic E-state index is 0.0603. The highest BCUT2D eigenvalue weighted by molar-refractivity contribution is 5.78. The van der Waals surface area contributed by atoms with Crippen molar-refractivity contribution in [2.45, 2.75) is 39.2 Å². The molecule has 0 unspecified atom stereocenters. The number of ether oxygens (including phenoxy) is 1. The molecule has 0 aromatic rings. The molecule has 2 aliphatic rings. The standard InChI is InChI=1S/C15H23N3O3/c1-15(2,3)21-14(20)17-7-5-11-8-18(10-12(11)9-17)13(19)4-6-16/h11-12H,4-5,7-10H2,1-3H3/t11-,12+/m0/s1. The number of fused-ring (bicyclic) bond motifs is 1. The molecule has 21 heavy (non-hydrogen) atoms. The predicted molar refractivity (Wildman–Crippen MR) is 76.2 cm³/mol. The fourth-order valence-electron chi connectivity index (χ4n) is 3.04. The average molecular weight is 293 g/mol. The third kappa shape index (κ3) is 3.87. The highest BCUT2D eigenvalue weighted by atomic mass is 16.6. The first kappa shape index (κ1) is 15.6. The molecule has 0 aliphatic carbocycles. The Labute approximate surface area is 125 Å². The summed E-state index contributed by atoms with van der Waals surface area (Å²) in [5.41, 5.74) is -0.488. The zero-order valence-electron chi connectivity index (χ0n) is 13.0. The van der Waals surface area contributed by atoms with Crippen molar-refractivity contribution in [3.8, 4) is 6.07 Å². The largest absolute Gasteiger partial charge is 0.444 e. The molecule has 6 heteroatoms. The number of rotatable bonds is 1. The van der Waals surface area contributed by atoms with Crippen molar-refractivity contribution in [1.82, 2.24) is 9.80 Å². The molecular formula is C15H23N3O3. The molecule has 0 aromatic carbocycles. The van der Waals surface area contributed by atoms with Gasteiger partial charge in [0.2, 0.25) is 5.91 Å². The van der Waals surface area contributed by atoms with Crippen molar-refractivity contribution in [2.75, 3.05) is 26.2 Å². The molecule has 2 rings (SSSR count). The lowest BCUT2D eigenvalue weighted by atomic mass is 9.89. The second-order valence-corrected chi connectivity index (χ2v) is 6.87. The minimum Gasteiger partial charge on any atom is -0.444 e. The molecule has 0 radical (unpaired) electrons. The number of nitriles is 1. The Morgan fingerprint density at radius 1 is 1.19 bits per heavy atom. The number of likely N-dealkylation sites (tertiary alicyclic amines) is 2. The Kier molecular flexibility index (Phi) is 4.40. The fourth-order valence-corrected chi connectivity index (χ4v) is 3.04. The molecule has 2 amide bonds. The first-order valence-corrected chi connectivity index (χ1v) is 7.43. The van der Waals surface area contributed by atoms with E-state index in [2.05, 4.69) is 0 Å². The van der Waals surface area contributed by atoms with E-state index in [-0.39, 0.29) is 18.4 Å². The maximum atomic E-state index is 12.1. The number of carbonyl (C=O) groups excluding carboxylic acids is 2. The number of carbonyl (C=O) groups is 2. The zero-order chi connectivity index (χ0) is 15.6. The molecule has 0 bridgehead atoms. The van der Waals surface area contributed by atoms with E-state index < -0.39 is 5.60 Å². The van der Waals surface area contributed by atoms with Gasteiger partial charge in [-0.05, 0) is 39.0 Å². The molecule has 2 fully saturated rings. The third-order valence-corrected chi connectivity index (χ3v) is 4.04. The molecule has 116 valence electrons. The van der Waals surface area contributed by atoms with Gasteiger partial charge in [0, 0.05) is 26.2 Å². The van der Waals surface area contributed by atoms with Crippen LogP contribution >= 0.6 is 0 Å². The normalized spacial score (nSPS) is 25.2. The van der Waals surface area contributed by atoms with Crippen molar-refractivity contribution in [2.24, 2.45) is 11.8 Å². The van der Waals surface area contributed by atoms with Crippen LogP contribution in [0.3, 0.4) is 0 Å². The molecule has 2 heterocycles. The molecule has 2 atom stereocenters. The van der Waals surface area contributed by atoms with E-state index in [1.807, 2.05) is 26.8 Å². The SMILES string of the molecule is CC(C)(C)OC(=O)N1CC[C@H]2CN(C(=O)CC#N)C[C@H]2C1. The maximum Gasteiger partial charge on any atom is 0.410 e. The van der Waals surface area contributed by atoms with Crippen molar-refractivity contribution in [3.05, 3.63) is 0 Å². The lowest BCUT2D eigenvalue weighted by Gasteiger charge is -2.35. The van der Waals surface area contributed by atoms with Crippen LogP contribution in [-0.4, -0.2) is 53.6 Å². The van der Waals surface area contributed by atoms with Gasteiger partial charge in [-0.3, -0.25) is 4.79 Å². The summed E-state index contributed by atoms with van der Waals surface area (Å²) in [6, 6.07) is 1.90. The summed E-state index contributed by atoms with van der Waals surface area (Å²) in [7, 11) is 0. The van der Waals surface area contributed by atoms with Gasteiger partial charge in [-0.25, -0.2) is 4.79 Å². The molecule has 0 spiro atoms. The van der Waals surface area contributed by atoms with Crippen LogP contribution in [0.1, 0.15) is 33.6 Å². The highest BCUT2D eigenvalue weighted by Crippen LogP contribution is 2.32. The number of nitrogens with zero attached hydrogens (tertiary/aromatic N) is 3. The summed E-state index contributed by atoms with van der Waals surface area (Å²) in [4.78, 5) is 27.4. The van der Waals surface area contributed by atoms with E-state index in [0.717, 1.165) is 6.42 Å². The lowest BCUT2D eigenvalue weighted by Crippen LogP contribution is -2.45. The van der Waals surface area contributed by atoms with Gasteiger partial charge in [0.1, 0.15) is 12.0 Å².